The molecule has 2 N–H and O–H groups in total. The molecule has 1 amide bonds. The first-order chi connectivity index (χ1) is 8.13. The average molecular weight is 259 g/mol. The number of nitrogens with zero attached hydrogens (tertiary/aromatic N) is 1. The van der Waals surface area contributed by atoms with Crippen LogP contribution in [0.3, 0.4) is 0 Å². The van der Waals surface area contributed by atoms with E-state index in [1.54, 1.807) is 6.07 Å². The highest BCUT2D eigenvalue weighted by Gasteiger charge is 2.34. The number of halogens is 2. The van der Waals surface area contributed by atoms with E-state index in [2.05, 4.69) is 0 Å². The van der Waals surface area contributed by atoms with E-state index in [0.717, 1.165) is 0 Å². The van der Waals surface area contributed by atoms with Gasteiger partial charge in [-0.2, -0.15) is 0 Å². The molecule has 0 aromatic heterocycles. The summed E-state index contributed by atoms with van der Waals surface area (Å²) in [5, 5.41) is 0.261. The van der Waals surface area contributed by atoms with Crippen LogP contribution in [0.4, 0.5) is 9.18 Å². The van der Waals surface area contributed by atoms with E-state index >= 15 is 0 Å². The van der Waals surface area contributed by atoms with Crippen LogP contribution in [-0.2, 0) is 4.74 Å². The van der Waals surface area contributed by atoms with Crippen LogP contribution in [0.1, 0.15) is 11.7 Å². The largest absolute Gasteiger partial charge is 0.439 e. The SMILES string of the molecule is NCCN1CC(c2c(F)cccc2Cl)OC1=O. The first kappa shape index (κ1) is 12.1. The molecule has 1 aromatic carbocycles. The normalized spacial score (nSPS) is 19.6. The van der Waals surface area contributed by atoms with Gasteiger partial charge in [0.1, 0.15) is 5.82 Å². The molecule has 1 aliphatic heterocycles. The van der Waals surface area contributed by atoms with Gasteiger partial charge in [0.15, 0.2) is 6.10 Å². The van der Waals surface area contributed by atoms with E-state index < -0.39 is 18.0 Å². The quantitative estimate of drug-likeness (QED) is 0.901. The predicted octanol–water partition coefficient (Wildman–Crippen LogP) is 1.93. The molecule has 1 aromatic rings. The van der Waals surface area contributed by atoms with Gasteiger partial charge in [-0.3, -0.25) is 0 Å². The van der Waals surface area contributed by atoms with Gasteiger partial charge in [0.25, 0.3) is 0 Å². The molecule has 1 saturated heterocycles. The van der Waals surface area contributed by atoms with E-state index in [-0.39, 0.29) is 17.1 Å². The Morgan fingerprint density at radius 1 is 1.59 bits per heavy atom. The van der Waals surface area contributed by atoms with Crippen molar-refractivity contribution in [3.05, 3.63) is 34.6 Å². The van der Waals surface area contributed by atoms with Crippen LogP contribution in [0, 0.1) is 5.82 Å². The lowest BCUT2D eigenvalue weighted by atomic mass is 10.1. The summed E-state index contributed by atoms with van der Waals surface area (Å²) in [5.41, 5.74) is 5.59. The van der Waals surface area contributed by atoms with Gasteiger partial charge in [-0.25, -0.2) is 9.18 Å². The molecule has 6 heteroatoms. The summed E-state index contributed by atoms with van der Waals surface area (Å²) in [6.07, 6.45) is -1.15. The molecule has 1 aliphatic rings. The number of ether oxygens (including phenoxy) is 1. The van der Waals surface area contributed by atoms with Crippen LogP contribution in [0.2, 0.25) is 5.02 Å². The van der Waals surface area contributed by atoms with Crippen molar-refractivity contribution in [1.29, 1.82) is 0 Å². The van der Waals surface area contributed by atoms with Crippen molar-refractivity contribution in [2.45, 2.75) is 6.10 Å². The standard InChI is InChI=1S/C11H12ClFN2O2/c12-7-2-1-3-8(13)10(7)9-6-15(5-4-14)11(16)17-9/h1-3,9H,4-6,14H2. The first-order valence-electron chi connectivity index (χ1n) is 5.23. The third-order valence-corrected chi connectivity index (χ3v) is 2.94. The second kappa shape index (κ2) is 4.89. The lowest BCUT2D eigenvalue weighted by molar-refractivity contribution is 0.131. The van der Waals surface area contributed by atoms with Crippen LogP contribution in [0.15, 0.2) is 18.2 Å². The zero-order chi connectivity index (χ0) is 12.4. The molecular formula is C11H12ClFN2O2. The van der Waals surface area contributed by atoms with Gasteiger partial charge in [0, 0.05) is 18.7 Å². The molecule has 0 bridgehead atoms. The van der Waals surface area contributed by atoms with Crippen molar-refractivity contribution in [2.24, 2.45) is 5.73 Å². The third kappa shape index (κ3) is 2.35. The first-order valence-corrected chi connectivity index (χ1v) is 5.61. The lowest BCUT2D eigenvalue weighted by Gasteiger charge is -2.12. The molecule has 0 spiro atoms. The van der Waals surface area contributed by atoms with E-state index in [4.69, 9.17) is 22.1 Å². The fourth-order valence-electron chi connectivity index (χ4n) is 1.82. The van der Waals surface area contributed by atoms with Crippen molar-refractivity contribution < 1.29 is 13.9 Å². The maximum absolute atomic E-state index is 13.6. The highest BCUT2D eigenvalue weighted by atomic mass is 35.5. The Morgan fingerprint density at radius 3 is 3.00 bits per heavy atom. The predicted molar refractivity (Wildman–Crippen MR) is 61.3 cm³/mol. The number of cyclic esters (lactones) is 1. The van der Waals surface area contributed by atoms with Crippen LogP contribution in [0.5, 0.6) is 0 Å². The Kier molecular flexibility index (Phi) is 3.49. The van der Waals surface area contributed by atoms with Gasteiger partial charge in [0.2, 0.25) is 0 Å². The zero-order valence-corrected chi connectivity index (χ0v) is 9.78. The molecule has 1 heterocycles. The minimum absolute atomic E-state index is 0.224. The van der Waals surface area contributed by atoms with Gasteiger partial charge < -0.3 is 15.4 Å². The van der Waals surface area contributed by atoms with Crippen molar-refractivity contribution >= 4 is 17.7 Å². The van der Waals surface area contributed by atoms with E-state index in [9.17, 15) is 9.18 Å². The second-order valence-electron chi connectivity index (χ2n) is 3.74. The number of hydrogen-bond donors (Lipinski definition) is 1. The van der Waals surface area contributed by atoms with E-state index in [1.165, 1.54) is 17.0 Å². The Hall–Kier alpha value is -1.33. The van der Waals surface area contributed by atoms with Crippen LogP contribution in [0.25, 0.3) is 0 Å². The van der Waals surface area contributed by atoms with Crippen molar-refractivity contribution in [2.75, 3.05) is 19.6 Å². The number of amides is 1. The summed E-state index contributed by atoms with van der Waals surface area (Å²) in [6.45, 7) is 1.00. The maximum atomic E-state index is 13.6. The maximum Gasteiger partial charge on any atom is 0.410 e. The molecular weight excluding hydrogens is 247 g/mol. The number of carbonyl (C=O) groups excluding carboxylic acids is 1. The Labute approximate surface area is 103 Å². The molecule has 0 aliphatic carbocycles. The van der Waals surface area contributed by atoms with Gasteiger partial charge >= 0.3 is 6.09 Å². The molecule has 0 saturated carbocycles. The molecule has 2 rings (SSSR count). The molecule has 4 nitrogen and oxygen atoms in total. The van der Waals surface area contributed by atoms with Gasteiger partial charge in [-0.1, -0.05) is 17.7 Å². The molecule has 92 valence electrons. The second-order valence-corrected chi connectivity index (χ2v) is 4.15. The highest BCUT2D eigenvalue weighted by Crippen LogP contribution is 2.32. The van der Waals surface area contributed by atoms with Crippen LogP contribution in [-0.4, -0.2) is 30.6 Å². The number of hydrogen-bond acceptors (Lipinski definition) is 3. The van der Waals surface area contributed by atoms with Gasteiger partial charge in [-0.05, 0) is 12.1 Å². The summed E-state index contributed by atoms with van der Waals surface area (Å²) in [5.74, 6) is -0.468. The summed E-state index contributed by atoms with van der Waals surface area (Å²) in [7, 11) is 0. The van der Waals surface area contributed by atoms with Crippen molar-refractivity contribution in [3.63, 3.8) is 0 Å². The number of benzene rings is 1. The molecule has 17 heavy (non-hydrogen) atoms. The summed E-state index contributed by atoms with van der Waals surface area (Å²) < 4.78 is 18.7. The number of rotatable bonds is 3. The smallest absolute Gasteiger partial charge is 0.410 e. The van der Waals surface area contributed by atoms with Crippen molar-refractivity contribution in [3.8, 4) is 0 Å². The molecule has 0 radical (unpaired) electrons. The number of nitrogens with two attached hydrogens (primary N) is 1. The minimum atomic E-state index is -0.664. The van der Waals surface area contributed by atoms with Gasteiger partial charge in [0.05, 0.1) is 11.6 Å². The average Bonchev–Trinajstić information content (AvgIpc) is 2.60. The van der Waals surface area contributed by atoms with Gasteiger partial charge in [-0.15, -0.1) is 0 Å². The lowest BCUT2D eigenvalue weighted by Crippen LogP contribution is -2.30. The van der Waals surface area contributed by atoms with E-state index in [0.29, 0.717) is 13.1 Å². The minimum Gasteiger partial charge on any atom is -0.439 e. The molecule has 1 fully saturated rings. The highest BCUT2D eigenvalue weighted by molar-refractivity contribution is 6.31. The fraction of sp³-hybridized carbons (Fsp3) is 0.364. The Bertz CT molecular complexity index is 421. The summed E-state index contributed by atoms with van der Waals surface area (Å²) >= 11 is 5.91. The van der Waals surface area contributed by atoms with Crippen LogP contribution >= 0.6 is 11.6 Å². The molecule has 1 atom stereocenters. The van der Waals surface area contributed by atoms with Crippen LogP contribution < -0.4 is 5.73 Å². The van der Waals surface area contributed by atoms with Crippen molar-refractivity contribution in [1.82, 2.24) is 4.90 Å². The molecule has 1 unspecified atom stereocenters. The third-order valence-electron chi connectivity index (χ3n) is 2.61. The monoisotopic (exact) mass is 258 g/mol. The number of carbonyl (C=O) groups is 1. The Balaban J connectivity index is 2.22. The van der Waals surface area contributed by atoms with E-state index in [1.807, 2.05) is 0 Å². The summed E-state index contributed by atoms with van der Waals surface area (Å²) in [6, 6.07) is 4.37. The topological polar surface area (TPSA) is 55.6 Å². The Morgan fingerprint density at radius 2 is 2.35 bits per heavy atom. The summed E-state index contributed by atoms with van der Waals surface area (Å²) in [4.78, 5) is 12.9. The zero-order valence-electron chi connectivity index (χ0n) is 9.03. The fourth-order valence-corrected chi connectivity index (χ4v) is 2.10.